The summed E-state index contributed by atoms with van der Waals surface area (Å²) in [5.74, 6) is -0.401. The van der Waals surface area contributed by atoms with Gasteiger partial charge in [-0.1, -0.05) is 6.07 Å². The zero-order valence-corrected chi connectivity index (χ0v) is 7.82. The smallest absolute Gasteiger partial charge is 0.404 e. The zero-order chi connectivity index (χ0) is 10.1. The molecule has 0 aliphatic rings. The van der Waals surface area contributed by atoms with Crippen molar-refractivity contribution in [2.24, 2.45) is 0 Å². The van der Waals surface area contributed by atoms with Crippen molar-refractivity contribution in [1.82, 2.24) is 0 Å². The summed E-state index contributed by atoms with van der Waals surface area (Å²) in [4.78, 5) is 0. The van der Waals surface area contributed by atoms with E-state index in [9.17, 15) is 13.2 Å². The summed E-state index contributed by atoms with van der Waals surface area (Å²) in [6, 6.07) is 4.08. The van der Waals surface area contributed by atoms with Crippen LogP contribution in [0.5, 0.6) is 5.75 Å². The van der Waals surface area contributed by atoms with E-state index in [1.54, 1.807) is 0 Å². The first-order chi connectivity index (χ1) is 5.90. The van der Waals surface area contributed by atoms with Crippen LogP contribution in [-0.4, -0.2) is 6.36 Å². The maximum absolute atomic E-state index is 11.8. The van der Waals surface area contributed by atoms with Gasteiger partial charge in [0, 0.05) is 4.47 Å². The van der Waals surface area contributed by atoms with Gasteiger partial charge in [0.1, 0.15) is 0 Å². The lowest BCUT2D eigenvalue weighted by atomic mass is 10.3. The SMILES string of the molecule is Nc1c(Br)cccc1OC(F)(F)F. The number of ether oxygens (including phenoxy) is 1. The number of benzene rings is 1. The molecule has 1 aromatic rings. The molecule has 0 aliphatic heterocycles. The molecule has 2 N–H and O–H groups in total. The Balaban J connectivity index is 2.96. The maximum atomic E-state index is 11.8. The minimum absolute atomic E-state index is 0.0696. The van der Waals surface area contributed by atoms with Crippen molar-refractivity contribution in [3.05, 3.63) is 22.7 Å². The number of halogens is 4. The number of nitrogen functional groups attached to an aromatic ring is 1. The van der Waals surface area contributed by atoms with E-state index in [4.69, 9.17) is 5.73 Å². The highest BCUT2D eigenvalue weighted by atomic mass is 79.9. The molecule has 0 heterocycles. The number of para-hydroxylation sites is 1. The lowest BCUT2D eigenvalue weighted by Crippen LogP contribution is -2.18. The fourth-order valence-corrected chi connectivity index (χ4v) is 1.08. The van der Waals surface area contributed by atoms with Crippen molar-refractivity contribution in [3.63, 3.8) is 0 Å². The molecule has 0 aliphatic carbocycles. The van der Waals surface area contributed by atoms with Crippen molar-refractivity contribution >= 4 is 21.6 Å². The Hall–Kier alpha value is -0.910. The molecule has 1 aromatic carbocycles. The second-order valence-corrected chi connectivity index (χ2v) is 3.05. The predicted molar refractivity (Wildman–Crippen MR) is 45.2 cm³/mol. The Morgan fingerprint density at radius 3 is 2.46 bits per heavy atom. The Morgan fingerprint density at radius 1 is 1.31 bits per heavy atom. The average molecular weight is 256 g/mol. The molecule has 0 unspecified atom stereocenters. The third-order valence-corrected chi connectivity index (χ3v) is 1.93. The van der Waals surface area contributed by atoms with Gasteiger partial charge in [0.05, 0.1) is 5.69 Å². The van der Waals surface area contributed by atoms with Gasteiger partial charge in [-0.2, -0.15) is 0 Å². The summed E-state index contributed by atoms with van der Waals surface area (Å²) in [7, 11) is 0. The third kappa shape index (κ3) is 2.80. The molecule has 0 bridgehead atoms. The van der Waals surface area contributed by atoms with Crippen LogP contribution in [0.1, 0.15) is 0 Å². The summed E-state index contributed by atoms with van der Waals surface area (Å²) in [5.41, 5.74) is 5.25. The Labute approximate surface area is 80.6 Å². The Bertz CT molecular complexity index is 313. The fraction of sp³-hybridized carbons (Fsp3) is 0.143. The van der Waals surface area contributed by atoms with E-state index in [1.165, 1.54) is 12.1 Å². The summed E-state index contributed by atoms with van der Waals surface area (Å²) in [6.07, 6.45) is -4.71. The molecule has 0 spiro atoms. The first-order valence-corrected chi connectivity index (χ1v) is 3.99. The minimum Gasteiger partial charge on any atom is -0.404 e. The van der Waals surface area contributed by atoms with Crippen LogP contribution in [0.4, 0.5) is 18.9 Å². The molecule has 72 valence electrons. The molecule has 1 rings (SSSR count). The largest absolute Gasteiger partial charge is 0.573 e. The lowest BCUT2D eigenvalue weighted by Gasteiger charge is -2.11. The van der Waals surface area contributed by atoms with Crippen molar-refractivity contribution in [3.8, 4) is 5.75 Å². The van der Waals surface area contributed by atoms with Crippen LogP contribution in [-0.2, 0) is 0 Å². The van der Waals surface area contributed by atoms with Gasteiger partial charge >= 0.3 is 6.36 Å². The molecule has 0 atom stereocenters. The summed E-state index contributed by atoms with van der Waals surface area (Å²) in [6.45, 7) is 0. The highest BCUT2D eigenvalue weighted by Crippen LogP contribution is 2.32. The quantitative estimate of drug-likeness (QED) is 0.784. The average Bonchev–Trinajstić information content (AvgIpc) is 1.96. The number of hydrogen-bond donors (Lipinski definition) is 1. The van der Waals surface area contributed by atoms with Gasteiger partial charge in [0.2, 0.25) is 0 Å². The van der Waals surface area contributed by atoms with Crippen molar-refractivity contribution < 1.29 is 17.9 Å². The van der Waals surface area contributed by atoms with Crippen LogP contribution < -0.4 is 10.5 Å². The van der Waals surface area contributed by atoms with Gasteiger partial charge in [-0.25, -0.2) is 0 Å². The van der Waals surface area contributed by atoms with E-state index >= 15 is 0 Å². The summed E-state index contributed by atoms with van der Waals surface area (Å²) in [5, 5.41) is 0. The molecule has 0 saturated heterocycles. The molecule has 13 heavy (non-hydrogen) atoms. The predicted octanol–water partition coefficient (Wildman–Crippen LogP) is 2.93. The van der Waals surface area contributed by atoms with Crippen molar-refractivity contribution in [2.75, 3.05) is 5.73 Å². The van der Waals surface area contributed by atoms with E-state index in [-0.39, 0.29) is 5.69 Å². The van der Waals surface area contributed by atoms with Gasteiger partial charge in [-0.15, -0.1) is 13.2 Å². The van der Waals surface area contributed by atoms with Crippen LogP contribution >= 0.6 is 15.9 Å². The zero-order valence-electron chi connectivity index (χ0n) is 6.23. The number of hydrogen-bond acceptors (Lipinski definition) is 2. The minimum atomic E-state index is -4.71. The number of anilines is 1. The van der Waals surface area contributed by atoms with Gasteiger partial charge in [-0.05, 0) is 28.1 Å². The molecular formula is C7H5BrF3NO. The molecule has 0 fully saturated rings. The molecule has 6 heteroatoms. The molecular weight excluding hydrogens is 251 g/mol. The highest BCUT2D eigenvalue weighted by Gasteiger charge is 2.32. The normalized spacial score (nSPS) is 11.4. The van der Waals surface area contributed by atoms with Crippen molar-refractivity contribution in [2.45, 2.75) is 6.36 Å². The lowest BCUT2D eigenvalue weighted by molar-refractivity contribution is -0.274. The van der Waals surface area contributed by atoms with E-state index in [2.05, 4.69) is 20.7 Å². The van der Waals surface area contributed by atoms with Crippen LogP contribution in [0.2, 0.25) is 0 Å². The monoisotopic (exact) mass is 255 g/mol. The topological polar surface area (TPSA) is 35.2 Å². The molecule has 0 aromatic heterocycles. The number of nitrogens with two attached hydrogens (primary N) is 1. The van der Waals surface area contributed by atoms with E-state index < -0.39 is 12.1 Å². The maximum Gasteiger partial charge on any atom is 0.573 e. The summed E-state index contributed by atoms with van der Waals surface area (Å²) < 4.78 is 39.3. The Morgan fingerprint density at radius 2 is 1.92 bits per heavy atom. The van der Waals surface area contributed by atoms with Gasteiger partial charge in [0.25, 0.3) is 0 Å². The number of alkyl halides is 3. The highest BCUT2D eigenvalue weighted by molar-refractivity contribution is 9.10. The first-order valence-electron chi connectivity index (χ1n) is 3.20. The van der Waals surface area contributed by atoms with E-state index in [0.29, 0.717) is 4.47 Å². The molecule has 0 saturated carbocycles. The Kier molecular flexibility index (Phi) is 2.70. The van der Waals surface area contributed by atoms with Crippen LogP contribution in [0.3, 0.4) is 0 Å². The standard InChI is InChI=1S/C7H5BrF3NO/c8-4-2-1-3-5(6(4)12)13-7(9,10)11/h1-3H,12H2. The van der Waals surface area contributed by atoms with Crippen molar-refractivity contribution in [1.29, 1.82) is 0 Å². The van der Waals surface area contributed by atoms with E-state index in [1.807, 2.05) is 0 Å². The fourth-order valence-electron chi connectivity index (χ4n) is 0.731. The second-order valence-electron chi connectivity index (χ2n) is 2.20. The van der Waals surface area contributed by atoms with Crippen LogP contribution in [0.25, 0.3) is 0 Å². The first kappa shape index (κ1) is 10.2. The van der Waals surface area contributed by atoms with Gasteiger partial charge in [0.15, 0.2) is 5.75 Å². The van der Waals surface area contributed by atoms with Gasteiger partial charge in [-0.3, -0.25) is 0 Å². The number of rotatable bonds is 1. The molecule has 0 amide bonds. The summed E-state index contributed by atoms with van der Waals surface area (Å²) >= 11 is 2.98. The molecule has 0 radical (unpaired) electrons. The van der Waals surface area contributed by atoms with Crippen LogP contribution in [0.15, 0.2) is 22.7 Å². The van der Waals surface area contributed by atoms with Gasteiger partial charge < -0.3 is 10.5 Å². The third-order valence-electron chi connectivity index (χ3n) is 1.24. The molecule has 2 nitrogen and oxygen atoms in total. The van der Waals surface area contributed by atoms with E-state index in [0.717, 1.165) is 6.07 Å². The second kappa shape index (κ2) is 3.45. The van der Waals surface area contributed by atoms with Crippen LogP contribution in [0, 0.1) is 0 Å².